The minimum absolute atomic E-state index is 0.0768. The number of para-hydroxylation sites is 1. The molecule has 2 N–H and O–H groups in total. The lowest BCUT2D eigenvalue weighted by atomic mass is 10.0. The van der Waals surface area contributed by atoms with Crippen molar-refractivity contribution >= 4 is 17.5 Å². The lowest BCUT2D eigenvalue weighted by Gasteiger charge is -2.35. The molecule has 1 aromatic heterocycles. The van der Waals surface area contributed by atoms with E-state index in [1.807, 2.05) is 28.0 Å². The second kappa shape index (κ2) is 6.20. The summed E-state index contributed by atoms with van der Waals surface area (Å²) in [5.74, 6) is 0.691. The lowest BCUT2D eigenvalue weighted by molar-refractivity contribution is -0.133. The molecular formula is C18H21N5O. The van der Waals surface area contributed by atoms with Crippen LogP contribution in [-0.4, -0.2) is 45.9 Å². The van der Waals surface area contributed by atoms with Crippen molar-refractivity contribution < 1.29 is 4.79 Å². The van der Waals surface area contributed by atoms with Crippen molar-refractivity contribution in [3.63, 3.8) is 0 Å². The number of fused-ring (bicyclic) bond motifs is 1. The number of nitrogens with two attached hydrogens (primary N) is 1. The van der Waals surface area contributed by atoms with E-state index in [9.17, 15) is 4.79 Å². The second-order valence-corrected chi connectivity index (χ2v) is 6.45. The maximum Gasteiger partial charge on any atom is 0.246 e. The van der Waals surface area contributed by atoms with E-state index in [1.54, 1.807) is 18.5 Å². The fourth-order valence-corrected chi connectivity index (χ4v) is 3.67. The number of carbonyl (C=O) groups is 1. The third kappa shape index (κ3) is 2.63. The van der Waals surface area contributed by atoms with Crippen molar-refractivity contribution in [2.45, 2.75) is 31.3 Å². The van der Waals surface area contributed by atoms with Crippen LogP contribution >= 0.6 is 0 Å². The molecule has 1 unspecified atom stereocenters. The molecule has 0 spiro atoms. The normalized spacial score (nSPS) is 23.2. The summed E-state index contributed by atoms with van der Waals surface area (Å²) >= 11 is 0. The van der Waals surface area contributed by atoms with E-state index in [0.717, 1.165) is 30.6 Å². The van der Waals surface area contributed by atoms with Crippen LogP contribution in [0.25, 0.3) is 0 Å². The molecule has 1 fully saturated rings. The Kier molecular flexibility index (Phi) is 3.90. The van der Waals surface area contributed by atoms with E-state index in [4.69, 9.17) is 5.73 Å². The van der Waals surface area contributed by atoms with Crippen LogP contribution in [0.2, 0.25) is 0 Å². The molecule has 3 heterocycles. The molecule has 6 nitrogen and oxygen atoms in total. The number of amides is 1. The number of nitrogens with zero attached hydrogens (tertiary/aromatic N) is 4. The van der Waals surface area contributed by atoms with Gasteiger partial charge in [-0.25, -0.2) is 9.97 Å². The maximum atomic E-state index is 13.2. The molecule has 0 aliphatic carbocycles. The summed E-state index contributed by atoms with van der Waals surface area (Å²) in [5.41, 5.74) is 8.23. The summed E-state index contributed by atoms with van der Waals surface area (Å²) in [4.78, 5) is 25.8. The molecule has 0 radical (unpaired) electrons. The van der Waals surface area contributed by atoms with Crippen molar-refractivity contribution in [2.24, 2.45) is 5.73 Å². The standard InChI is InChI=1S/C18H21N5O/c19-14-6-3-10-22(12-14)17(24)16-11-13-5-1-2-7-15(13)23(16)18-20-8-4-9-21-18/h1-2,4-5,7-9,14,16H,3,6,10-12,19H2/t14-,16?/m1/s1. The van der Waals surface area contributed by atoms with Crippen molar-refractivity contribution in [3.8, 4) is 0 Å². The average molecular weight is 323 g/mol. The van der Waals surface area contributed by atoms with Gasteiger partial charge in [-0.2, -0.15) is 0 Å². The molecule has 24 heavy (non-hydrogen) atoms. The molecule has 4 rings (SSSR count). The minimum atomic E-state index is -0.296. The predicted molar refractivity (Wildman–Crippen MR) is 91.9 cm³/mol. The summed E-state index contributed by atoms with van der Waals surface area (Å²) in [6.07, 6.45) is 6.05. The molecule has 1 aromatic carbocycles. The Morgan fingerprint density at radius 3 is 2.75 bits per heavy atom. The third-order valence-corrected chi connectivity index (χ3v) is 4.80. The maximum absolute atomic E-state index is 13.2. The van der Waals surface area contributed by atoms with Crippen LogP contribution in [0.1, 0.15) is 18.4 Å². The SMILES string of the molecule is N[C@@H]1CCCN(C(=O)C2Cc3ccccc3N2c2ncccn2)C1. The van der Waals surface area contributed by atoms with Gasteiger partial charge >= 0.3 is 0 Å². The van der Waals surface area contributed by atoms with Crippen LogP contribution in [0.15, 0.2) is 42.7 Å². The fourth-order valence-electron chi connectivity index (χ4n) is 3.67. The first kappa shape index (κ1) is 15.1. The van der Waals surface area contributed by atoms with E-state index in [0.29, 0.717) is 18.9 Å². The summed E-state index contributed by atoms with van der Waals surface area (Å²) < 4.78 is 0. The van der Waals surface area contributed by atoms with Crippen molar-refractivity contribution in [2.75, 3.05) is 18.0 Å². The van der Waals surface area contributed by atoms with Crippen molar-refractivity contribution in [1.82, 2.24) is 14.9 Å². The fraction of sp³-hybridized carbons (Fsp3) is 0.389. The Morgan fingerprint density at radius 2 is 1.96 bits per heavy atom. The van der Waals surface area contributed by atoms with Crippen molar-refractivity contribution in [1.29, 1.82) is 0 Å². The molecule has 2 aliphatic heterocycles. The number of anilines is 2. The molecule has 1 saturated heterocycles. The highest BCUT2D eigenvalue weighted by atomic mass is 16.2. The number of likely N-dealkylation sites (tertiary alicyclic amines) is 1. The number of aromatic nitrogens is 2. The first-order chi connectivity index (χ1) is 11.7. The molecule has 2 aromatic rings. The second-order valence-electron chi connectivity index (χ2n) is 6.45. The van der Waals surface area contributed by atoms with Gasteiger partial charge in [0.05, 0.1) is 0 Å². The summed E-state index contributed by atoms with van der Waals surface area (Å²) in [6.45, 7) is 1.41. The van der Waals surface area contributed by atoms with Crippen molar-refractivity contribution in [3.05, 3.63) is 48.3 Å². The minimum Gasteiger partial charge on any atom is -0.339 e. The van der Waals surface area contributed by atoms with Crippen LogP contribution in [0.3, 0.4) is 0 Å². The van der Waals surface area contributed by atoms with Crippen LogP contribution in [0.4, 0.5) is 11.6 Å². The first-order valence-corrected chi connectivity index (χ1v) is 8.42. The average Bonchev–Trinajstić information content (AvgIpc) is 3.01. The van der Waals surface area contributed by atoms with Gasteiger partial charge in [-0.15, -0.1) is 0 Å². The van der Waals surface area contributed by atoms with Gasteiger partial charge in [0.15, 0.2) is 0 Å². The zero-order valence-corrected chi connectivity index (χ0v) is 13.5. The van der Waals surface area contributed by atoms with Gasteiger partial charge in [-0.3, -0.25) is 9.69 Å². The molecule has 6 heteroatoms. The van der Waals surface area contributed by atoms with Gasteiger partial charge < -0.3 is 10.6 Å². The first-order valence-electron chi connectivity index (χ1n) is 8.42. The molecule has 2 aliphatic rings. The molecule has 124 valence electrons. The highest BCUT2D eigenvalue weighted by Gasteiger charge is 2.39. The van der Waals surface area contributed by atoms with Crippen LogP contribution in [-0.2, 0) is 11.2 Å². The van der Waals surface area contributed by atoms with E-state index >= 15 is 0 Å². The van der Waals surface area contributed by atoms with E-state index in [1.165, 1.54) is 0 Å². The van der Waals surface area contributed by atoms with Crippen LogP contribution < -0.4 is 10.6 Å². The van der Waals surface area contributed by atoms with Crippen LogP contribution in [0, 0.1) is 0 Å². The highest BCUT2D eigenvalue weighted by molar-refractivity contribution is 5.90. The Morgan fingerprint density at radius 1 is 1.17 bits per heavy atom. The third-order valence-electron chi connectivity index (χ3n) is 4.80. The Hall–Kier alpha value is -2.47. The number of piperidine rings is 1. The summed E-state index contributed by atoms with van der Waals surface area (Å²) in [6, 6.07) is 9.65. The lowest BCUT2D eigenvalue weighted by Crippen LogP contribution is -2.52. The molecule has 0 saturated carbocycles. The number of hydrogen-bond acceptors (Lipinski definition) is 5. The Balaban J connectivity index is 1.68. The Labute approximate surface area is 141 Å². The topological polar surface area (TPSA) is 75.3 Å². The molecule has 1 amide bonds. The van der Waals surface area contributed by atoms with E-state index < -0.39 is 0 Å². The molecule has 2 atom stereocenters. The zero-order chi connectivity index (χ0) is 16.5. The van der Waals surface area contributed by atoms with Gasteiger partial charge in [0.1, 0.15) is 6.04 Å². The Bertz CT molecular complexity index is 735. The smallest absolute Gasteiger partial charge is 0.246 e. The largest absolute Gasteiger partial charge is 0.339 e. The zero-order valence-electron chi connectivity index (χ0n) is 13.5. The van der Waals surface area contributed by atoms with Crippen LogP contribution in [0.5, 0.6) is 0 Å². The molecular weight excluding hydrogens is 302 g/mol. The quantitative estimate of drug-likeness (QED) is 0.906. The van der Waals surface area contributed by atoms with Gasteiger partial charge in [0, 0.05) is 43.6 Å². The number of benzene rings is 1. The van der Waals surface area contributed by atoms with Gasteiger partial charge in [-0.1, -0.05) is 18.2 Å². The number of rotatable bonds is 2. The molecule has 0 bridgehead atoms. The summed E-state index contributed by atoms with van der Waals surface area (Å²) in [5, 5.41) is 0. The summed E-state index contributed by atoms with van der Waals surface area (Å²) in [7, 11) is 0. The van der Waals surface area contributed by atoms with Gasteiger partial charge in [0.2, 0.25) is 11.9 Å². The number of hydrogen-bond donors (Lipinski definition) is 1. The highest BCUT2D eigenvalue weighted by Crippen LogP contribution is 2.37. The van der Waals surface area contributed by atoms with Gasteiger partial charge in [0.25, 0.3) is 0 Å². The van der Waals surface area contributed by atoms with E-state index in [2.05, 4.69) is 16.0 Å². The predicted octanol–water partition coefficient (Wildman–Crippen LogP) is 1.49. The number of carbonyl (C=O) groups excluding carboxylic acids is 1. The monoisotopic (exact) mass is 323 g/mol. The van der Waals surface area contributed by atoms with E-state index in [-0.39, 0.29) is 18.0 Å². The van der Waals surface area contributed by atoms with Gasteiger partial charge in [-0.05, 0) is 30.5 Å².